The van der Waals surface area contributed by atoms with Gasteiger partial charge in [-0.25, -0.2) is 0 Å². The molecule has 0 aromatic heterocycles. The van der Waals surface area contributed by atoms with Gasteiger partial charge in [-0.15, -0.1) is 0 Å². The van der Waals surface area contributed by atoms with Crippen molar-refractivity contribution in [1.29, 1.82) is 0 Å². The van der Waals surface area contributed by atoms with Gasteiger partial charge in [0, 0.05) is 18.7 Å². The lowest BCUT2D eigenvalue weighted by Gasteiger charge is -2.30. The van der Waals surface area contributed by atoms with Crippen LogP contribution in [0.15, 0.2) is 0 Å². The lowest BCUT2D eigenvalue weighted by Crippen LogP contribution is -2.39. The van der Waals surface area contributed by atoms with Crippen LogP contribution < -0.4 is 5.32 Å². The molecule has 1 saturated carbocycles. The Morgan fingerprint density at radius 1 is 1.27 bits per heavy atom. The van der Waals surface area contributed by atoms with Crippen molar-refractivity contribution in [2.24, 2.45) is 5.92 Å². The smallest absolute Gasteiger partial charge is 0.0459 e. The molecule has 1 fully saturated rings. The van der Waals surface area contributed by atoms with Gasteiger partial charge >= 0.3 is 0 Å². The Hall–Kier alpha value is -0.0800. The van der Waals surface area contributed by atoms with Crippen LogP contribution in [0.5, 0.6) is 0 Å². The van der Waals surface area contributed by atoms with Crippen LogP contribution in [0.4, 0.5) is 0 Å². The molecule has 1 atom stereocenters. The molecule has 0 amide bonds. The van der Waals surface area contributed by atoms with E-state index in [1.807, 2.05) is 0 Å². The Morgan fingerprint density at radius 3 is 2.47 bits per heavy atom. The van der Waals surface area contributed by atoms with E-state index >= 15 is 0 Å². The van der Waals surface area contributed by atoms with Gasteiger partial charge in [-0.05, 0) is 44.9 Å². The molecule has 1 aliphatic carbocycles. The molecule has 0 saturated heterocycles. The Bertz CT molecular complexity index is 153. The lowest BCUT2D eigenvalue weighted by atomic mass is 9.86. The molecule has 0 radical (unpaired) electrons. The zero-order valence-electron chi connectivity index (χ0n) is 10.3. The van der Waals surface area contributed by atoms with E-state index in [-0.39, 0.29) is 0 Å². The van der Waals surface area contributed by atoms with E-state index in [1.165, 1.54) is 44.9 Å². The van der Waals surface area contributed by atoms with Crippen LogP contribution in [0.3, 0.4) is 0 Å². The number of rotatable bonds is 6. The largest absolute Gasteiger partial charge is 0.396 e. The Morgan fingerprint density at radius 2 is 1.93 bits per heavy atom. The molecular weight excluding hydrogens is 186 g/mol. The standard InChI is InChI=1S/C13H27NO/c1-3-4-5-11(2)14-13-8-6-12(10-15)7-9-13/h11-15H,3-10H2,1-2H3. The number of hydrogen-bond donors (Lipinski definition) is 2. The first-order valence-electron chi connectivity index (χ1n) is 6.63. The summed E-state index contributed by atoms with van der Waals surface area (Å²) in [6.07, 6.45) is 8.84. The van der Waals surface area contributed by atoms with Crippen molar-refractivity contribution < 1.29 is 5.11 Å². The molecule has 0 aliphatic heterocycles. The summed E-state index contributed by atoms with van der Waals surface area (Å²) < 4.78 is 0. The van der Waals surface area contributed by atoms with Gasteiger partial charge in [0.15, 0.2) is 0 Å². The summed E-state index contributed by atoms with van der Waals surface area (Å²) in [6.45, 7) is 4.94. The van der Waals surface area contributed by atoms with Gasteiger partial charge in [0.05, 0.1) is 0 Å². The zero-order chi connectivity index (χ0) is 11.1. The fourth-order valence-corrected chi connectivity index (χ4v) is 2.51. The normalized spacial score (nSPS) is 29.0. The first kappa shape index (κ1) is 13.0. The maximum Gasteiger partial charge on any atom is 0.0459 e. The van der Waals surface area contributed by atoms with Gasteiger partial charge in [0.1, 0.15) is 0 Å². The minimum absolute atomic E-state index is 0.387. The van der Waals surface area contributed by atoms with Crippen molar-refractivity contribution in [3.8, 4) is 0 Å². The third-order valence-electron chi connectivity index (χ3n) is 3.62. The maximum atomic E-state index is 9.05. The van der Waals surface area contributed by atoms with Crippen LogP contribution in [-0.4, -0.2) is 23.8 Å². The van der Waals surface area contributed by atoms with Gasteiger partial charge in [0.2, 0.25) is 0 Å². The summed E-state index contributed by atoms with van der Waals surface area (Å²) in [5.74, 6) is 0.578. The van der Waals surface area contributed by atoms with Gasteiger partial charge < -0.3 is 10.4 Å². The van der Waals surface area contributed by atoms with E-state index in [4.69, 9.17) is 5.11 Å². The third-order valence-corrected chi connectivity index (χ3v) is 3.62. The molecule has 0 heterocycles. The van der Waals surface area contributed by atoms with Crippen molar-refractivity contribution in [2.75, 3.05) is 6.61 Å². The van der Waals surface area contributed by atoms with Crippen LogP contribution >= 0.6 is 0 Å². The molecule has 2 nitrogen and oxygen atoms in total. The molecule has 2 N–H and O–H groups in total. The second-order valence-corrected chi connectivity index (χ2v) is 5.11. The molecule has 2 heteroatoms. The zero-order valence-corrected chi connectivity index (χ0v) is 10.3. The summed E-state index contributed by atoms with van der Waals surface area (Å²) in [6, 6.07) is 1.38. The molecule has 90 valence electrons. The highest BCUT2D eigenvalue weighted by molar-refractivity contribution is 4.78. The van der Waals surface area contributed by atoms with Gasteiger partial charge in [-0.2, -0.15) is 0 Å². The van der Waals surface area contributed by atoms with Crippen LogP contribution in [0.1, 0.15) is 58.8 Å². The molecule has 15 heavy (non-hydrogen) atoms. The molecule has 1 rings (SSSR count). The fraction of sp³-hybridized carbons (Fsp3) is 1.00. The van der Waals surface area contributed by atoms with Crippen LogP contribution in [0.2, 0.25) is 0 Å². The Kier molecular flexibility index (Phi) is 6.26. The van der Waals surface area contributed by atoms with Crippen molar-refractivity contribution >= 4 is 0 Å². The average molecular weight is 213 g/mol. The van der Waals surface area contributed by atoms with Crippen molar-refractivity contribution in [3.05, 3.63) is 0 Å². The van der Waals surface area contributed by atoms with Gasteiger partial charge in [0.25, 0.3) is 0 Å². The number of aliphatic hydroxyl groups is 1. The van der Waals surface area contributed by atoms with E-state index in [1.54, 1.807) is 0 Å². The van der Waals surface area contributed by atoms with Gasteiger partial charge in [-0.3, -0.25) is 0 Å². The summed E-state index contributed by atoms with van der Waals surface area (Å²) in [5.41, 5.74) is 0. The monoisotopic (exact) mass is 213 g/mol. The van der Waals surface area contributed by atoms with Crippen molar-refractivity contribution in [2.45, 2.75) is 70.9 Å². The van der Waals surface area contributed by atoms with E-state index < -0.39 is 0 Å². The molecule has 0 aromatic rings. The molecular formula is C13H27NO. The minimum Gasteiger partial charge on any atom is -0.396 e. The van der Waals surface area contributed by atoms with Crippen molar-refractivity contribution in [3.63, 3.8) is 0 Å². The van der Waals surface area contributed by atoms with E-state index in [2.05, 4.69) is 19.2 Å². The molecule has 0 aromatic carbocycles. The van der Waals surface area contributed by atoms with E-state index in [0.717, 1.165) is 0 Å². The predicted octanol–water partition coefficient (Wildman–Crippen LogP) is 2.71. The molecule has 0 bridgehead atoms. The van der Waals surface area contributed by atoms with E-state index in [0.29, 0.717) is 24.6 Å². The maximum absolute atomic E-state index is 9.05. The molecule has 1 unspecified atom stereocenters. The molecule has 0 spiro atoms. The topological polar surface area (TPSA) is 32.3 Å². The quantitative estimate of drug-likeness (QED) is 0.711. The van der Waals surface area contributed by atoms with Gasteiger partial charge in [-0.1, -0.05) is 19.8 Å². The summed E-state index contributed by atoms with van der Waals surface area (Å²) in [5, 5.41) is 12.8. The lowest BCUT2D eigenvalue weighted by molar-refractivity contribution is 0.172. The highest BCUT2D eigenvalue weighted by Crippen LogP contribution is 2.24. The van der Waals surface area contributed by atoms with Crippen LogP contribution in [0, 0.1) is 5.92 Å². The minimum atomic E-state index is 0.387. The highest BCUT2D eigenvalue weighted by Gasteiger charge is 2.21. The number of unbranched alkanes of at least 4 members (excludes halogenated alkanes) is 1. The Labute approximate surface area is 94.5 Å². The number of nitrogens with one attached hydrogen (secondary N) is 1. The van der Waals surface area contributed by atoms with Crippen molar-refractivity contribution in [1.82, 2.24) is 5.32 Å². The Balaban J connectivity index is 2.12. The third kappa shape index (κ3) is 4.98. The fourth-order valence-electron chi connectivity index (χ4n) is 2.51. The van der Waals surface area contributed by atoms with Crippen LogP contribution in [-0.2, 0) is 0 Å². The summed E-state index contributed by atoms with van der Waals surface area (Å²) in [4.78, 5) is 0. The first-order valence-corrected chi connectivity index (χ1v) is 6.63. The summed E-state index contributed by atoms with van der Waals surface area (Å²) >= 11 is 0. The predicted molar refractivity (Wildman–Crippen MR) is 65.0 cm³/mol. The second-order valence-electron chi connectivity index (χ2n) is 5.11. The first-order chi connectivity index (χ1) is 7.26. The van der Waals surface area contributed by atoms with E-state index in [9.17, 15) is 0 Å². The number of hydrogen-bond acceptors (Lipinski definition) is 2. The molecule has 1 aliphatic rings. The van der Waals surface area contributed by atoms with Crippen LogP contribution in [0.25, 0.3) is 0 Å². The average Bonchev–Trinajstić information content (AvgIpc) is 2.27. The highest BCUT2D eigenvalue weighted by atomic mass is 16.3. The second kappa shape index (κ2) is 7.24. The SMILES string of the molecule is CCCCC(C)NC1CCC(CO)CC1. The number of aliphatic hydroxyl groups excluding tert-OH is 1. The summed E-state index contributed by atoms with van der Waals surface area (Å²) in [7, 11) is 0.